The van der Waals surface area contributed by atoms with Crippen molar-refractivity contribution in [1.82, 2.24) is 14.9 Å². The van der Waals surface area contributed by atoms with Gasteiger partial charge in [0.2, 0.25) is 5.91 Å². The van der Waals surface area contributed by atoms with Crippen molar-refractivity contribution in [2.75, 3.05) is 25.6 Å². The van der Waals surface area contributed by atoms with E-state index in [0.29, 0.717) is 18.5 Å². The molecule has 0 spiro atoms. The monoisotopic (exact) mass is 714 g/mol. The summed E-state index contributed by atoms with van der Waals surface area (Å²) in [6.07, 6.45) is -2.14. The predicted octanol–water partition coefficient (Wildman–Crippen LogP) is 4.37. The fourth-order valence-corrected chi connectivity index (χ4v) is 6.98. The van der Waals surface area contributed by atoms with Gasteiger partial charge in [0.15, 0.2) is 0 Å². The number of hydrogen-bond donors (Lipinski definition) is 4. The van der Waals surface area contributed by atoms with E-state index in [4.69, 9.17) is 9.47 Å². The van der Waals surface area contributed by atoms with E-state index in [2.05, 4.69) is 10.6 Å². The minimum absolute atomic E-state index is 0.136. The molecule has 266 valence electrons. The summed E-state index contributed by atoms with van der Waals surface area (Å²) in [5.41, 5.74) is 2.80. The van der Waals surface area contributed by atoms with Gasteiger partial charge in [-0.15, -0.1) is 0 Å². The minimum Gasteiger partial charge on any atom is -0.465 e. The van der Waals surface area contributed by atoms with Crippen molar-refractivity contribution in [1.29, 1.82) is 0 Å². The highest BCUT2D eigenvalue weighted by Gasteiger charge is 2.38. The molecule has 14 heteroatoms. The number of nitrogens with zero attached hydrogens (tertiary/aromatic N) is 1. The van der Waals surface area contributed by atoms with Crippen LogP contribution in [0.25, 0.3) is 0 Å². The Kier molecular flexibility index (Phi) is 12.0. The summed E-state index contributed by atoms with van der Waals surface area (Å²) in [5.74, 6) is -2.08. The maximum atomic E-state index is 14.1. The summed E-state index contributed by atoms with van der Waals surface area (Å²) in [6, 6.07) is 30.6. The number of amides is 4. The van der Waals surface area contributed by atoms with Gasteiger partial charge in [-0.1, -0.05) is 97.1 Å². The van der Waals surface area contributed by atoms with Crippen LogP contribution in [0.5, 0.6) is 0 Å². The van der Waals surface area contributed by atoms with Gasteiger partial charge in [0.25, 0.3) is 15.9 Å². The summed E-state index contributed by atoms with van der Waals surface area (Å²) >= 11 is 0. The third-order valence-corrected chi connectivity index (χ3v) is 9.87. The predicted molar refractivity (Wildman–Crippen MR) is 187 cm³/mol. The van der Waals surface area contributed by atoms with E-state index >= 15 is 0 Å². The topological polar surface area (TPSA) is 180 Å². The number of sulfonamides is 1. The number of carbonyl (C=O) groups is 4. The van der Waals surface area contributed by atoms with Crippen molar-refractivity contribution < 1.29 is 42.2 Å². The molecule has 1 saturated heterocycles. The number of nitrogens with one attached hydrogen (secondary N) is 3. The first-order valence-corrected chi connectivity index (χ1v) is 17.6. The van der Waals surface area contributed by atoms with Crippen molar-refractivity contribution in [3.8, 4) is 0 Å². The molecule has 0 aliphatic carbocycles. The molecule has 0 unspecified atom stereocenters. The van der Waals surface area contributed by atoms with Crippen LogP contribution >= 0.6 is 0 Å². The van der Waals surface area contributed by atoms with E-state index in [1.165, 1.54) is 31.4 Å². The van der Waals surface area contributed by atoms with Crippen LogP contribution in [-0.2, 0) is 35.5 Å². The molecule has 1 heterocycles. The molecule has 0 bridgehead atoms. The standard InChI is InChI=1S/C37H38N4O9S/c1-49-36(44)39-33(32(26-14-5-2-6-15-26)27-16-7-3-8-17-27)35(43)38-30-20-12-11-13-25(30)21-22-28-23-41(37(45)46)31(24-50-28)34(42)40-51(47,48)29-18-9-4-10-19-29/h2-20,28,31-33H,21-24H2,1H3,(H,38,43)(H,39,44)(H,40,42)(H,45,46)/t28-,31+,33+/m1/s1. The lowest BCUT2D eigenvalue weighted by atomic mass is 9.84. The summed E-state index contributed by atoms with van der Waals surface area (Å²) < 4.78 is 38.1. The van der Waals surface area contributed by atoms with E-state index in [1.54, 1.807) is 24.3 Å². The second-order valence-corrected chi connectivity index (χ2v) is 13.5. The Morgan fingerprint density at radius 2 is 1.43 bits per heavy atom. The maximum Gasteiger partial charge on any atom is 0.408 e. The first-order valence-electron chi connectivity index (χ1n) is 16.1. The molecule has 4 amide bonds. The number of anilines is 1. The number of rotatable bonds is 12. The second-order valence-electron chi connectivity index (χ2n) is 11.8. The molecule has 51 heavy (non-hydrogen) atoms. The lowest BCUT2D eigenvalue weighted by molar-refractivity contribution is -0.133. The molecule has 4 N–H and O–H groups in total. The zero-order chi connectivity index (χ0) is 36.4. The number of hydrogen-bond acceptors (Lipinski definition) is 8. The summed E-state index contributed by atoms with van der Waals surface area (Å²) in [7, 11) is -3.00. The van der Waals surface area contributed by atoms with Crippen LogP contribution in [0.4, 0.5) is 15.3 Å². The third kappa shape index (κ3) is 9.29. The van der Waals surface area contributed by atoms with Gasteiger partial charge in [0.1, 0.15) is 12.1 Å². The SMILES string of the molecule is COC(=O)N[C@H](C(=O)Nc1ccccc1CC[C@@H]1CN(C(=O)O)[C@H](C(=O)NS(=O)(=O)c2ccccc2)CO1)C(c1ccccc1)c1ccccc1. The van der Waals surface area contributed by atoms with Crippen LogP contribution in [0.1, 0.15) is 29.0 Å². The fraction of sp³-hybridized carbons (Fsp3) is 0.243. The van der Waals surface area contributed by atoms with Crippen molar-refractivity contribution in [3.05, 3.63) is 132 Å². The molecule has 1 aliphatic rings. The highest BCUT2D eigenvalue weighted by molar-refractivity contribution is 7.90. The Morgan fingerprint density at radius 1 is 0.863 bits per heavy atom. The summed E-state index contributed by atoms with van der Waals surface area (Å²) in [5, 5.41) is 15.6. The Bertz CT molecular complexity index is 1890. The van der Waals surface area contributed by atoms with E-state index in [9.17, 15) is 32.7 Å². The average molecular weight is 715 g/mol. The minimum atomic E-state index is -4.22. The van der Waals surface area contributed by atoms with Crippen LogP contribution in [-0.4, -0.2) is 80.9 Å². The number of morpholine rings is 1. The molecule has 1 aliphatic heterocycles. The Hall–Kier alpha value is -5.73. The highest BCUT2D eigenvalue weighted by Crippen LogP contribution is 2.30. The highest BCUT2D eigenvalue weighted by atomic mass is 32.2. The van der Waals surface area contributed by atoms with E-state index < -0.39 is 58.1 Å². The van der Waals surface area contributed by atoms with Gasteiger partial charge in [-0.2, -0.15) is 0 Å². The third-order valence-electron chi connectivity index (χ3n) is 8.51. The van der Waals surface area contributed by atoms with E-state index in [1.807, 2.05) is 71.5 Å². The van der Waals surface area contributed by atoms with Crippen molar-refractivity contribution in [3.63, 3.8) is 0 Å². The smallest absolute Gasteiger partial charge is 0.408 e. The zero-order valence-electron chi connectivity index (χ0n) is 27.7. The van der Waals surface area contributed by atoms with Gasteiger partial charge in [-0.05, 0) is 47.7 Å². The van der Waals surface area contributed by atoms with Gasteiger partial charge in [0, 0.05) is 11.6 Å². The molecular weight excluding hydrogens is 676 g/mol. The number of alkyl carbamates (subject to hydrolysis) is 1. The van der Waals surface area contributed by atoms with Crippen molar-refractivity contribution in [2.45, 2.75) is 41.8 Å². The van der Waals surface area contributed by atoms with Crippen LogP contribution < -0.4 is 15.4 Å². The lowest BCUT2D eigenvalue weighted by Gasteiger charge is -2.37. The Labute approximate surface area is 295 Å². The quantitative estimate of drug-likeness (QED) is 0.166. The molecule has 0 saturated carbocycles. The van der Waals surface area contributed by atoms with Crippen LogP contribution in [0.15, 0.2) is 120 Å². The van der Waals surface area contributed by atoms with Gasteiger partial charge >= 0.3 is 12.2 Å². The van der Waals surface area contributed by atoms with Crippen molar-refractivity contribution in [2.24, 2.45) is 0 Å². The van der Waals surface area contributed by atoms with Crippen LogP contribution in [0.3, 0.4) is 0 Å². The number of carbonyl (C=O) groups excluding carboxylic acids is 3. The zero-order valence-corrected chi connectivity index (χ0v) is 28.5. The van der Waals surface area contributed by atoms with Gasteiger partial charge in [-0.3, -0.25) is 14.5 Å². The van der Waals surface area contributed by atoms with Crippen LogP contribution in [0.2, 0.25) is 0 Å². The number of ether oxygens (including phenoxy) is 2. The molecule has 3 atom stereocenters. The number of methoxy groups -OCH3 is 1. The molecule has 0 radical (unpaired) electrons. The number of carboxylic acid groups (broad SMARTS) is 1. The first kappa shape index (κ1) is 36.5. The molecule has 13 nitrogen and oxygen atoms in total. The Balaban J connectivity index is 1.29. The van der Waals surface area contributed by atoms with Gasteiger partial charge < -0.3 is 25.2 Å². The molecule has 1 fully saturated rings. The first-order chi connectivity index (χ1) is 24.6. The number of para-hydroxylation sites is 1. The summed E-state index contributed by atoms with van der Waals surface area (Å²) in [4.78, 5) is 52.5. The van der Waals surface area contributed by atoms with Crippen LogP contribution in [0, 0.1) is 0 Å². The lowest BCUT2D eigenvalue weighted by Crippen LogP contribution is -2.58. The number of aryl methyl sites for hydroxylation is 1. The molecule has 4 aromatic rings. The summed E-state index contributed by atoms with van der Waals surface area (Å²) in [6.45, 7) is -0.541. The maximum absolute atomic E-state index is 14.1. The second kappa shape index (κ2) is 16.8. The molecule has 0 aromatic heterocycles. The fourth-order valence-electron chi connectivity index (χ4n) is 5.95. The van der Waals surface area contributed by atoms with E-state index in [-0.39, 0.29) is 18.0 Å². The Morgan fingerprint density at radius 3 is 2.02 bits per heavy atom. The van der Waals surface area contributed by atoms with Gasteiger partial charge in [0.05, 0.1) is 31.3 Å². The normalized spacial score (nSPS) is 16.5. The molecule has 4 aromatic carbocycles. The largest absolute Gasteiger partial charge is 0.465 e. The average Bonchev–Trinajstić information content (AvgIpc) is 3.15. The van der Waals surface area contributed by atoms with E-state index in [0.717, 1.165) is 21.6 Å². The van der Waals surface area contributed by atoms with Gasteiger partial charge in [-0.25, -0.2) is 22.7 Å². The number of benzene rings is 4. The van der Waals surface area contributed by atoms with Crippen molar-refractivity contribution >= 4 is 39.7 Å². The molecule has 5 rings (SSSR count). The molecular formula is C37H38N4O9S.